The summed E-state index contributed by atoms with van der Waals surface area (Å²) >= 11 is 0. The minimum Gasteiger partial charge on any atom is -0.383 e. The highest BCUT2D eigenvalue weighted by Gasteiger charge is 2.25. The fourth-order valence-electron chi connectivity index (χ4n) is 3.02. The van der Waals surface area contributed by atoms with Crippen molar-refractivity contribution < 1.29 is 0 Å². The van der Waals surface area contributed by atoms with E-state index in [2.05, 4.69) is 6.92 Å². The number of nitrogens with two attached hydrogens (primary N) is 1. The Bertz CT molecular complexity index is 529. The maximum Gasteiger partial charge on any atom is 0.138 e. The predicted molar refractivity (Wildman–Crippen MR) is 70.0 cm³/mol. The van der Waals surface area contributed by atoms with E-state index >= 15 is 0 Å². The van der Waals surface area contributed by atoms with Crippen molar-refractivity contribution in [1.82, 2.24) is 9.38 Å². The van der Waals surface area contributed by atoms with Crippen LogP contribution in [0, 0.1) is 5.92 Å². The van der Waals surface area contributed by atoms with Gasteiger partial charge in [0.25, 0.3) is 0 Å². The SMILES string of the molecule is CC1CCCC(c2nc3ccccn3c2N)C1. The molecular formula is C14H19N3. The van der Waals surface area contributed by atoms with Crippen molar-refractivity contribution >= 4 is 11.5 Å². The smallest absolute Gasteiger partial charge is 0.138 e. The van der Waals surface area contributed by atoms with E-state index in [-0.39, 0.29) is 0 Å². The molecule has 2 unspecified atom stereocenters. The van der Waals surface area contributed by atoms with Gasteiger partial charge in [0.05, 0.1) is 5.69 Å². The summed E-state index contributed by atoms with van der Waals surface area (Å²) in [5.41, 5.74) is 8.30. The lowest BCUT2D eigenvalue weighted by Gasteiger charge is -2.25. The standard InChI is InChI=1S/C14H19N3/c1-10-5-4-6-11(9-10)13-14(15)17-8-3-2-7-12(17)16-13/h2-3,7-8,10-11H,4-6,9,15H2,1H3. The molecule has 90 valence electrons. The maximum absolute atomic E-state index is 6.22. The van der Waals surface area contributed by atoms with Gasteiger partial charge in [-0.05, 0) is 30.9 Å². The third-order valence-electron chi connectivity index (χ3n) is 3.92. The number of imidazole rings is 1. The first-order valence-electron chi connectivity index (χ1n) is 6.48. The highest BCUT2D eigenvalue weighted by Crippen LogP contribution is 2.37. The molecule has 3 heteroatoms. The largest absolute Gasteiger partial charge is 0.383 e. The van der Waals surface area contributed by atoms with Crippen molar-refractivity contribution in [1.29, 1.82) is 0 Å². The number of anilines is 1. The average molecular weight is 229 g/mol. The Morgan fingerprint density at radius 2 is 2.24 bits per heavy atom. The summed E-state index contributed by atoms with van der Waals surface area (Å²) in [7, 11) is 0. The molecule has 0 aliphatic heterocycles. The van der Waals surface area contributed by atoms with Crippen LogP contribution < -0.4 is 5.73 Å². The van der Waals surface area contributed by atoms with Crippen LogP contribution in [0.3, 0.4) is 0 Å². The van der Waals surface area contributed by atoms with Crippen LogP contribution in [0.5, 0.6) is 0 Å². The van der Waals surface area contributed by atoms with Crippen LogP contribution in [0.4, 0.5) is 5.82 Å². The highest BCUT2D eigenvalue weighted by molar-refractivity contribution is 5.53. The van der Waals surface area contributed by atoms with Gasteiger partial charge in [-0.1, -0.05) is 25.8 Å². The normalized spacial score (nSPS) is 25.2. The van der Waals surface area contributed by atoms with E-state index < -0.39 is 0 Å². The molecule has 1 aliphatic carbocycles. The van der Waals surface area contributed by atoms with Crippen molar-refractivity contribution in [2.75, 3.05) is 5.73 Å². The molecule has 2 atom stereocenters. The van der Waals surface area contributed by atoms with E-state index in [1.807, 2.05) is 28.8 Å². The number of nitrogens with zero attached hydrogens (tertiary/aromatic N) is 2. The van der Waals surface area contributed by atoms with Gasteiger partial charge in [-0.25, -0.2) is 4.98 Å². The zero-order valence-corrected chi connectivity index (χ0v) is 10.3. The third-order valence-corrected chi connectivity index (χ3v) is 3.92. The summed E-state index contributed by atoms with van der Waals surface area (Å²) in [5.74, 6) is 2.19. The molecule has 0 saturated heterocycles. The van der Waals surface area contributed by atoms with E-state index in [0.717, 1.165) is 23.1 Å². The lowest BCUT2D eigenvalue weighted by atomic mass is 9.81. The van der Waals surface area contributed by atoms with Gasteiger partial charge in [0.1, 0.15) is 11.5 Å². The van der Waals surface area contributed by atoms with Crippen molar-refractivity contribution in [2.45, 2.75) is 38.5 Å². The summed E-state index contributed by atoms with van der Waals surface area (Å²) in [6, 6.07) is 6.03. The van der Waals surface area contributed by atoms with Crippen LogP contribution in [0.2, 0.25) is 0 Å². The Morgan fingerprint density at radius 3 is 3.00 bits per heavy atom. The van der Waals surface area contributed by atoms with Crippen LogP contribution in [0.1, 0.15) is 44.2 Å². The van der Waals surface area contributed by atoms with E-state index in [1.54, 1.807) is 0 Å². The van der Waals surface area contributed by atoms with Gasteiger partial charge in [-0.3, -0.25) is 4.40 Å². The first-order chi connectivity index (χ1) is 8.25. The van der Waals surface area contributed by atoms with Gasteiger partial charge in [-0.2, -0.15) is 0 Å². The van der Waals surface area contributed by atoms with Crippen LogP contribution in [-0.2, 0) is 0 Å². The monoisotopic (exact) mass is 229 g/mol. The van der Waals surface area contributed by atoms with Crippen molar-refractivity contribution in [3.8, 4) is 0 Å². The quantitative estimate of drug-likeness (QED) is 0.816. The third kappa shape index (κ3) is 1.79. The Balaban J connectivity index is 2.02. The topological polar surface area (TPSA) is 43.3 Å². The lowest BCUT2D eigenvalue weighted by Crippen LogP contribution is -2.13. The van der Waals surface area contributed by atoms with E-state index in [9.17, 15) is 0 Å². The number of hydrogen-bond donors (Lipinski definition) is 1. The molecule has 2 aromatic heterocycles. The van der Waals surface area contributed by atoms with Gasteiger partial charge in [0.2, 0.25) is 0 Å². The minimum atomic E-state index is 0.554. The molecule has 2 aromatic rings. The second-order valence-electron chi connectivity index (χ2n) is 5.28. The number of fused-ring (bicyclic) bond motifs is 1. The second-order valence-corrected chi connectivity index (χ2v) is 5.28. The molecule has 2 N–H and O–H groups in total. The van der Waals surface area contributed by atoms with Crippen LogP contribution in [-0.4, -0.2) is 9.38 Å². The van der Waals surface area contributed by atoms with Gasteiger partial charge in [-0.15, -0.1) is 0 Å². The van der Waals surface area contributed by atoms with Crippen LogP contribution in [0.15, 0.2) is 24.4 Å². The van der Waals surface area contributed by atoms with E-state index in [0.29, 0.717) is 5.92 Å². The first-order valence-corrected chi connectivity index (χ1v) is 6.48. The first kappa shape index (κ1) is 10.6. The Hall–Kier alpha value is -1.51. The molecule has 3 nitrogen and oxygen atoms in total. The van der Waals surface area contributed by atoms with Crippen molar-refractivity contribution in [3.05, 3.63) is 30.1 Å². The van der Waals surface area contributed by atoms with Crippen LogP contribution in [0.25, 0.3) is 5.65 Å². The molecular weight excluding hydrogens is 210 g/mol. The minimum absolute atomic E-state index is 0.554. The zero-order valence-electron chi connectivity index (χ0n) is 10.3. The zero-order chi connectivity index (χ0) is 11.8. The molecule has 3 rings (SSSR count). The van der Waals surface area contributed by atoms with Crippen LogP contribution >= 0.6 is 0 Å². The Labute approximate surface area is 102 Å². The fraction of sp³-hybridized carbons (Fsp3) is 0.500. The van der Waals surface area contributed by atoms with Gasteiger partial charge >= 0.3 is 0 Å². The maximum atomic E-state index is 6.22. The van der Waals surface area contributed by atoms with Gasteiger partial charge < -0.3 is 5.73 Å². The lowest BCUT2D eigenvalue weighted by molar-refractivity contribution is 0.341. The summed E-state index contributed by atoms with van der Waals surface area (Å²) in [4.78, 5) is 4.71. The average Bonchev–Trinajstić information content (AvgIpc) is 2.68. The van der Waals surface area contributed by atoms with E-state index in [1.165, 1.54) is 25.7 Å². The Morgan fingerprint density at radius 1 is 1.35 bits per heavy atom. The van der Waals surface area contributed by atoms with Gasteiger partial charge in [0.15, 0.2) is 0 Å². The summed E-state index contributed by atoms with van der Waals surface area (Å²) in [5, 5.41) is 0. The molecule has 1 fully saturated rings. The molecule has 1 aliphatic rings. The van der Waals surface area contributed by atoms with Gasteiger partial charge in [0, 0.05) is 12.1 Å². The van der Waals surface area contributed by atoms with Crippen molar-refractivity contribution in [3.63, 3.8) is 0 Å². The second kappa shape index (κ2) is 4.06. The molecule has 1 saturated carbocycles. The highest BCUT2D eigenvalue weighted by atomic mass is 15.1. The van der Waals surface area contributed by atoms with E-state index in [4.69, 9.17) is 10.7 Å². The fourth-order valence-corrected chi connectivity index (χ4v) is 3.02. The molecule has 0 spiro atoms. The number of pyridine rings is 1. The number of rotatable bonds is 1. The number of hydrogen-bond acceptors (Lipinski definition) is 2. The number of nitrogen functional groups attached to an aromatic ring is 1. The Kier molecular flexibility index (Phi) is 2.54. The molecule has 0 bridgehead atoms. The molecule has 17 heavy (non-hydrogen) atoms. The molecule has 0 amide bonds. The molecule has 2 heterocycles. The number of aromatic nitrogens is 2. The van der Waals surface area contributed by atoms with Crippen molar-refractivity contribution in [2.24, 2.45) is 5.92 Å². The molecule has 0 radical (unpaired) electrons. The molecule has 0 aromatic carbocycles. The summed E-state index contributed by atoms with van der Waals surface area (Å²) in [6.07, 6.45) is 7.11. The summed E-state index contributed by atoms with van der Waals surface area (Å²) < 4.78 is 1.99. The summed E-state index contributed by atoms with van der Waals surface area (Å²) in [6.45, 7) is 2.33. The predicted octanol–water partition coefficient (Wildman–Crippen LogP) is 3.21.